The summed E-state index contributed by atoms with van der Waals surface area (Å²) in [5.41, 5.74) is 1.05. The van der Waals surface area contributed by atoms with Crippen LogP contribution in [0.3, 0.4) is 0 Å². The summed E-state index contributed by atoms with van der Waals surface area (Å²) < 4.78 is 23.3. The summed E-state index contributed by atoms with van der Waals surface area (Å²) in [5, 5.41) is 3.46. The van der Waals surface area contributed by atoms with Crippen LogP contribution < -0.4 is 10.1 Å². The zero-order valence-corrected chi connectivity index (χ0v) is 12.2. The van der Waals surface area contributed by atoms with Gasteiger partial charge in [-0.2, -0.15) is 0 Å². The number of carbonyl (C=O) groups excluding carboxylic acids is 1. The summed E-state index contributed by atoms with van der Waals surface area (Å²) >= 11 is 5.89. The van der Waals surface area contributed by atoms with Crippen molar-refractivity contribution in [3.63, 3.8) is 0 Å². The Labute approximate surface area is 126 Å². The van der Waals surface area contributed by atoms with E-state index in [1.165, 1.54) is 32.4 Å². The van der Waals surface area contributed by atoms with E-state index in [4.69, 9.17) is 16.3 Å². The summed E-state index contributed by atoms with van der Waals surface area (Å²) in [6, 6.07) is 8.69. The van der Waals surface area contributed by atoms with E-state index in [1.54, 1.807) is 18.2 Å². The number of anilines is 2. The largest absolute Gasteiger partial charge is 0.495 e. The maximum atomic E-state index is 13.4. The number of rotatable bonds is 4. The van der Waals surface area contributed by atoms with E-state index < -0.39 is 11.8 Å². The van der Waals surface area contributed by atoms with Gasteiger partial charge in [-0.15, -0.1) is 0 Å². The zero-order valence-electron chi connectivity index (χ0n) is 11.4. The monoisotopic (exact) mass is 309 g/mol. The summed E-state index contributed by atoms with van der Waals surface area (Å²) in [6.45, 7) is 0. The fourth-order valence-corrected chi connectivity index (χ4v) is 1.98. The van der Waals surface area contributed by atoms with Gasteiger partial charge in [0.1, 0.15) is 11.6 Å². The van der Waals surface area contributed by atoms with E-state index in [1.807, 2.05) is 0 Å². The second-order valence-corrected chi connectivity index (χ2v) is 4.59. The van der Waals surface area contributed by atoms with Crippen molar-refractivity contribution in [3.8, 4) is 5.75 Å². The second-order valence-electron chi connectivity index (χ2n) is 4.15. The maximum Gasteiger partial charge on any atom is 0.339 e. The van der Waals surface area contributed by atoms with Crippen molar-refractivity contribution in [2.75, 3.05) is 19.5 Å². The third-order valence-electron chi connectivity index (χ3n) is 2.82. The van der Waals surface area contributed by atoms with Crippen LogP contribution in [0.5, 0.6) is 5.75 Å². The van der Waals surface area contributed by atoms with Crippen LogP contribution in [-0.4, -0.2) is 20.2 Å². The van der Waals surface area contributed by atoms with Crippen molar-refractivity contribution in [2.24, 2.45) is 0 Å². The molecule has 0 bridgehead atoms. The molecular formula is C15H13ClFNO3. The van der Waals surface area contributed by atoms with Crippen LogP contribution in [0.1, 0.15) is 10.4 Å². The molecule has 2 rings (SSSR count). The molecule has 2 aromatic rings. The average Bonchev–Trinajstić information content (AvgIpc) is 2.48. The minimum Gasteiger partial charge on any atom is -0.495 e. The molecule has 0 heterocycles. The molecule has 0 unspecified atom stereocenters. The first-order valence-electron chi connectivity index (χ1n) is 6.03. The molecule has 110 valence electrons. The van der Waals surface area contributed by atoms with E-state index in [-0.39, 0.29) is 11.3 Å². The molecule has 0 aliphatic heterocycles. The predicted octanol–water partition coefficient (Wildman–Crippen LogP) is 4.02. The minimum atomic E-state index is -0.564. The molecule has 0 radical (unpaired) electrons. The lowest BCUT2D eigenvalue weighted by molar-refractivity contribution is 0.0602. The quantitative estimate of drug-likeness (QED) is 0.867. The van der Waals surface area contributed by atoms with Gasteiger partial charge in [-0.05, 0) is 30.3 Å². The van der Waals surface area contributed by atoms with Gasteiger partial charge in [0.25, 0.3) is 0 Å². The summed E-state index contributed by atoms with van der Waals surface area (Å²) in [6.07, 6.45) is 0. The van der Waals surface area contributed by atoms with Crippen LogP contribution >= 0.6 is 11.6 Å². The maximum absolute atomic E-state index is 13.4. The van der Waals surface area contributed by atoms with Gasteiger partial charge < -0.3 is 14.8 Å². The number of nitrogens with one attached hydrogen (secondary N) is 1. The van der Waals surface area contributed by atoms with E-state index in [9.17, 15) is 9.18 Å². The van der Waals surface area contributed by atoms with Crippen molar-refractivity contribution < 1.29 is 18.7 Å². The number of benzene rings is 2. The smallest absolute Gasteiger partial charge is 0.339 e. The number of carbonyl (C=O) groups is 1. The first kappa shape index (κ1) is 15.1. The van der Waals surface area contributed by atoms with Gasteiger partial charge in [-0.1, -0.05) is 11.6 Å². The van der Waals surface area contributed by atoms with Crippen LogP contribution in [0.25, 0.3) is 0 Å². The molecule has 0 aliphatic rings. The molecule has 0 atom stereocenters. The molecule has 1 N–H and O–H groups in total. The number of halogens is 2. The molecule has 2 aromatic carbocycles. The number of hydrogen-bond donors (Lipinski definition) is 1. The van der Waals surface area contributed by atoms with Gasteiger partial charge in [0, 0.05) is 11.1 Å². The second kappa shape index (κ2) is 6.45. The van der Waals surface area contributed by atoms with Crippen molar-refractivity contribution in [2.45, 2.75) is 0 Å². The molecular weight excluding hydrogens is 297 g/mol. The lowest BCUT2D eigenvalue weighted by atomic mass is 10.1. The van der Waals surface area contributed by atoms with E-state index in [2.05, 4.69) is 10.1 Å². The van der Waals surface area contributed by atoms with Crippen molar-refractivity contribution in [3.05, 3.63) is 52.8 Å². The lowest BCUT2D eigenvalue weighted by Crippen LogP contribution is -2.06. The standard InChI is InChI=1S/C15H13ClFNO3/c1-20-14-7-9(16)3-6-12(14)18-13-8-10(17)4-5-11(13)15(19)21-2/h3-8,18H,1-2H3. The highest BCUT2D eigenvalue weighted by Crippen LogP contribution is 2.32. The average molecular weight is 310 g/mol. The zero-order chi connectivity index (χ0) is 15.4. The highest BCUT2D eigenvalue weighted by atomic mass is 35.5. The molecule has 0 spiro atoms. The molecule has 0 aliphatic carbocycles. The Hall–Kier alpha value is -2.27. The summed E-state index contributed by atoms with van der Waals surface area (Å²) in [7, 11) is 2.75. The molecule has 0 amide bonds. The Morgan fingerprint density at radius 2 is 1.90 bits per heavy atom. The Morgan fingerprint density at radius 3 is 2.57 bits per heavy atom. The van der Waals surface area contributed by atoms with E-state index in [0.717, 1.165) is 0 Å². The molecule has 21 heavy (non-hydrogen) atoms. The van der Waals surface area contributed by atoms with Crippen LogP contribution in [0.15, 0.2) is 36.4 Å². The van der Waals surface area contributed by atoms with Gasteiger partial charge in [-0.3, -0.25) is 0 Å². The molecule has 6 heteroatoms. The van der Waals surface area contributed by atoms with Gasteiger partial charge in [0.15, 0.2) is 0 Å². The van der Waals surface area contributed by atoms with Gasteiger partial charge in [0.05, 0.1) is 31.2 Å². The SMILES string of the molecule is COC(=O)c1ccc(F)cc1Nc1ccc(Cl)cc1OC. The molecule has 0 saturated carbocycles. The van der Waals surface area contributed by atoms with Gasteiger partial charge >= 0.3 is 5.97 Å². The van der Waals surface area contributed by atoms with E-state index >= 15 is 0 Å². The Balaban J connectivity index is 2.43. The fraction of sp³-hybridized carbons (Fsp3) is 0.133. The van der Waals surface area contributed by atoms with Crippen molar-refractivity contribution in [1.82, 2.24) is 0 Å². The summed E-state index contributed by atoms with van der Waals surface area (Å²) in [5.74, 6) is -0.564. The first-order chi connectivity index (χ1) is 10.0. The van der Waals surface area contributed by atoms with Crippen LogP contribution in [-0.2, 0) is 4.74 Å². The summed E-state index contributed by atoms with van der Waals surface area (Å²) in [4.78, 5) is 11.7. The lowest BCUT2D eigenvalue weighted by Gasteiger charge is -2.14. The normalized spacial score (nSPS) is 10.1. The minimum absolute atomic E-state index is 0.218. The fourth-order valence-electron chi connectivity index (χ4n) is 1.82. The van der Waals surface area contributed by atoms with Crippen molar-refractivity contribution in [1.29, 1.82) is 0 Å². The Bertz CT molecular complexity index is 676. The van der Waals surface area contributed by atoms with Crippen LogP contribution in [0.4, 0.5) is 15.8 Å². The topological polar surface area (TPSA) is 47.6 Å². The van der Waals surface area contributed by atoms with E-state index in [0.29, 0.717) is 16.5 Å². The highest BCUT2D eigenvalue weighted by Gasteiger charge is 2.14. The van der Waals surface area contributed by atoms with Crippen LogP contribution in [0.2, 0.25) is 5.02 Å². The molecule has 0 aromatic heterocycles. The third-order valence-corrected chi connectivity index (χ3v) is 3.05. The van der Waals surface area contributed by atoms with Crippen LogP contribution in [0, 0.1) is 5.82 Å². The highest BCUT2D eigenvalue weighted by molar-refractivity contribution is 6.30. The number of ether oxygens (including phenoxy) is 2. The molecule has 4 nitrogen and oxygen atoms in total. The third kappa shape index (κ3) is 3.44. The predicted molar refractivity (Wildman–Crippen MR) is 79.0 cm³/mol. The Kier molecular flexibility index (Phi) is 4.65. The number of esters is 1. The number of methoxy groups -OCH3 is 2. The van der Waals surface area contributed by atoms with Crippen molar-refractivity contribution >= 4 is 28.9 Å². The first-order valence-corrected chi connectivity index (χ1v) is 6.41. The van der Waals surface area contributed by atoms with Gasteiger partial charge in [0.2, 0.25) is 0 Å². The molecule has 0 fully saturated rings. The number of hydrogen-bond acceptors (Lipinski definition) is 4. The van der Waals surface area contributed by atoms with Gasteiger partial charge in [-0.25, -0.2) is 9.18 Å². The Morgan fingerprint density at radius 1 is 1.14 bits per heavy atom. The molecule has 0 saturated heterocycles.